The van der Waals surface area contributed by atoms with Crippen LogP contribution in [0.25, 0.3) is 0 Å². The number of nitriles is 1. The van der Waals surface area contributed by atoms with Crippen molar-refractivity contribution >= 4 is 0 Å². The minimum atomic E-state index is 0.740. The Morgan fingerprint density at radius 1 is 1.41 bits per heavy atom. The van der Waals surface area contributed by atoms with Gasteiger partial charge >= 0.3 is 0 Å². The van der Waals surface area contributed by atoms with Crippen molar-refractivity contribution in [3.05, 3.63) is 34.9 Å². The highest BCUT2D eigenvalue weighted by molar-refractivity contribution is 5.37. The van der Waals surface area contributed by atoms with Gasteiger partial charge in [0.25, 0.3) is 0 Å². The molecule has 92 valence electrons. The summed E-state index contributed by atoms with van der Waals surface area (Å²) >= 11 is 0. The van der Waals surface area contributed by atoms with E-state index in [1.807, 2.05) is 19.2 Å². The molecule has 0 aliphatic heterocycles. The van der Waals surface area contributed by atoms with E-state index in [9.17, 15) is 0 Å². The Kier molecular flexibility index (Phi) is 5.68. The Morgan fingerprint density at radius 3 is 2.76 bits per heavy atom. The summed E-state index contributed by atoms with van der Waals surface area (Å²) in [4.78, 5) is 2.31. The standard InChI is InChI=1S/C14H21N3/c1-12-9-13(10-15)5-6-14(12)11-17(3)8-4-7-16-2/h5-6,9,16H,4,7-8,11H2,1-3H3. The molecule has 1 aromatic rings. The van der Waals surface area contributed by atoms with Crippen LogP contribution in [0.2, 0.25) is 0 Å². The largest absolute Gasteiger partial charge is 0.320 e. The number of aryl methyl sites for hydroxylation is 1. The third-order valence-electron chi connectivity index (χ3n) is 2.88. The summed E-state index contributed by atoms with van der Waals surface area (Å²) in [5.41, 5.74) is 3.24. The van der Waals surface area contributed by atoms with Crippen LogP contribution in [0.3, 0.4) is 0 Å². The van der Waals surface area contributed by atoms with Crippen molar-refractivity contribution in [2.75, 3.05) is 27.2 Å². The van der Waals surface area contributed by atoms with E-state index in [1.54, 1.807) is 0 Å². The first kappa shape index (κ1) is 13.7. The van der Waals surface area contributed by atoms with Gasteiger partial charge in [-0.05, 0) is 63.8 Å². The van der Waals surface area contributed by atoms with Crippen LogP contribution < -0.4 is 5.32 Å². The molecule has 0 aliphatic rings. The van der Waals surface area contributed by atoms with Crippen LogP contribution in [-0.4, -0.2) is 32.1 Å². The summed E-state index contributed by atoms with van der Waals surface area (Å²) in [5.74, 6) is 0. The van der Waals surface area contributed by atoms with Gasteiger partial charge in [-0.1, -0.05) is 6.07 Å². The third-order valence-corrected chi connectivity index (χ3v) is 2.88. The van der Waals surface area contributed by atoms with Gasteiger partial charge in [-0.15, -0.1) is 0 Å². The van der Waals surface area contributed by atoms with E-state index >= 15 is 0 Å². The topological polar surface area (TPSA) is 39.1 Å². The second-order valence-corrected chi connectivity index (χ2v) is 4.45. The van der Waals surface area contributed by atoms with Crippen molar-refractivity contribution in [2.24, 2.45) is 0 Å². The molecule has 0 aliphatic carbocycles. The summed E-state index contributed by atoms with van der Waals surface area (Å²) in [6.07, 6.45) is 1.16. The lowest BCUT2D eigenvalue weighted by atomic mass is 10.1. The Balaban J connectivity index is 2.54. The maximum absolute atomic E-state index is 8.81. The van der Waals surface area contributed by atoms with E-state index in [0.717, 1.165) is 31.6 Å². The molecule has 3 nitrogen and oxygen atoms in total. The molecule has 0 amide bonds. The summed E-state index contributed by atoms with van der Waals surface area (Å²) < 4.78 is 0. The van der Waals surface area contributed by atoms with Gasteiger partial charge in [0.15, 0.2) is 0 Å². The van der Waals surface area contributed by atoms with E-state index < -0.39 is 0 Å². The van der Waals surface area contributed by atoms with Gasteiger partial charge in [-0.2, -0.15) is 5.26 Å². The first-order chi connectivity index (χ1) is 8.17. The average molecular weight is 231 g/mol. The zero-order chi connectivity index (χ0) is 12.7. The third kappa shape index (κ3) is 4.56. The summed E-state index contributed by atoms with van der Waals surface area (Å²) in [5, 5.41) is 12.0. The molecule has 0 bridgehead atoms. The van der Waals surface area contributed by atoms with Crippen molar-refractivity contribution in [1.82, 2.24) is 10.2 Å². The maximum atomic E-state index is 8.81. The highest BCUT2D eigenvalue weighted by Gasteiger charge is 2.03. The van der Waals surface area contributed by atoms with Gasteiger partial charge in [-0.25, -0.2) is 0 Å². The molecular weight excluding hydrogens is 210 g/mol. The summed E-state index contributed by atoms with van der Waals surface area (Å²) in [7, 11) is 4.11. The zero-order valence-electron chi connectivity index (χ0n) is 11.0. The van der Waals surface area contributed by atoms with E-state index in [1.165, 1.54) is 11.1 Å². The van der Waals surface area contributed by atoms with Crippen LogP contribution in [-0.2, 0) is 6.54 Å². The maximum Gasteiger partial charge on any atom is 0.0991 e. The first-order valence-electron chi connectivity index (χ1n) is 6.00. The van der Waals surface area contributed by atoms with Gasteiger partial charge < -0.3 is 10.2 Å². The van der Waals surface area contributed by atoms with Gasteiger partial charge in [0.1, 0.15) is 0 Å². The zero-order valence-corrected chi connectivity index (χ0v) is 11.0. The molecule has 0 atom stereocenters. The Labute approximate surface area is 104 Å². The number of nitrogens with one attached hydrogen (secondary N) is 1. The molecule has 1 N–H and O–H groups in total. The van der Waals surface area contributed by atoms with Crippen molar-refractivity contribution in [3.8, 4) is 6.07 Å². The normalized spacial score (nSPS) is 10.5. The molecule has 17 heavy (non-hydrogen) atoms. The predicted molar refractivity (Wildman–Crippen MR) is 70.8 cm³/mol. The highest BCUT2D eigenvalue weighted by atomic mass is 15.1. The first-order valence-corrected chi connectivity index (χ1v) is 6.00. The number of rotatable bonds is 6. The lowest BCUT2D eigenvalue weighted by Gasteiger charge is -2.18. The average Bonchev–Trinajstić information content (AvgIpc) is 2.32. The van der Waals surface area contributed by atoms with Crippen LogP contribution in [0.15, 0.2) is 18.2 Å². The molecule has 0 heterocycles. The van der Waals surface area contributed by atoms with E-state index in [4.69, 9.17) is 5.26 Å². The SMILES string of the molecule is CNCCCN(C)Cc1ccc(C#N)cc1C. The van der Waals surface area contributed by atoms with Crippen molar-refractivity contribution in [1.29, 1.82) is 5.26 Å². The van der Waals surface area contributed by atoms with Gasteiger partial charge in [0.2, 0.25) is 0 Å². The molecule has 0 unspecified atom stereocenters. The van der Waals surface area contributed by atoms with E-state index in [0.29, 0.717) is 0 Å². The molecule has 0 saturated carbocycles. The quantitative estimate of drug-likeness (QED) is 0.760. The highest BCUT2D eigenvalue weighted by Crippen LogP contribution is 2.12. The minimum absolute atomic E-state index is 0.740. The molecule has 3 heteroatoms. The van der Waals surface area contributed by atoms with Crippen LogP contribution in [0, 0.1) is 18.3 Å². The van der Waals surface area contributed by atoms with Gasteiger partial charge in [0, 0.05) is 6.54 Å². The molecule has 0 radical (unpaired) electrons. The molecule has 0 fully saturated rings. The molecule has 1 aromatic carbocycles. The lowest BCUT2D eigenvalue weighted by molar-refractivity contribution is 0.320. The van der Waals surface area contributed by atoms with Crippen LogP contribution in [0.4, 0.5) is 0 Å². The number of hydrogen-bond acceptors (Lipinski definition) is 3. The second-order valence-electron chi connectivity index (χ2n) is 4.45. The molecule has 0 spiro atoms. The summed E-state index contributed by atoms with van der Waals surface area (Å²) in [6.45, 7) is 5.15. The molecule has 0 aromatic heterocycles. The van der Waals surface area contributed by atoms with E-state index in [-0.39, 0.29) is 0 Å². The smallest absolute Gasteiger partial charge is 0.0991 e. The van der Waals surface area contributed by atoms with Crippen LogP contribution in [0.5, 0.6) is 0 Å². The van der Waals surface area contributed by atoms with Gasteiger partial charge in [-0.3, -0.25) is 0 Å². The lowest BCUT2D eigenvalue weighted by Crippen LogP contribution is -2.22. The van der Waals surface area contributed by atoms with Crippen LogP contribution >= 0.6 is 0 Å². The number of nitrogens with zero attached hydrogens (tertiary/aromatic N) is 2. The second kappa shape index (κ2) is 7.05. The Hall–Kier alpha value is -1.37. The monoisotopic (exact) mass is 231 g/mol. The molecular formula is C14H21N3. The van der Waals surface area contributed by atoms with Crippen molar-refractivity contribution < 1.29 is 0 Å². The number of benzene rings is 1. The molecule has 1 rings (SSSR count). The van der Waals surface area contributed by atoms with Gasteiger partial charge in [0.05, 0.1) is 11.6 Å². The summed E-state index contributed by atoms with van der Waals surface area (Å²) in [6, 6.07) is 8.07. The van der Waals surface area contributed by atoms with E-state index in [2.05, 4.69) is 36.3 Å². The Morgan fingerprint density at radius 2 is 2.18 bits per heavy atom. The van der Waals surface area contributed by atoms with Crippen molar-refractivity contribution in [2.45, 2.75) is 19.9 Å². The fourth-order valence-electron chi connectivity index (χ4n) is 1.84. The van der Waals surface area contributed by atoms with Crippen LogP contribution in [0.1, 0.15) is 23.1 Å². The predicted octanol–water partition coefficient (Wildman–Crippen LogP) is 1.91. The Bertz CT molecular complexity index is 393. The minimum Gasteiger partial charge on any atom is -0.320 e. The van der Waals surface area contributed by atoms with Crippen molar-refractivity contribution in [3.63, 3.8) is 0 Å². The number of hydrogen-bond donors (Lipinski definition) is 1. The fraction of sp³-hybridized carbons (Fsp3) is 0.500. The molecule has 0 saturated heterocycles. The fourth-order valence-corrected chi connectivity index (χ4v) is 1.84.